The first kappa shape index (κ1) is 20.1. The topological polar surface area (TPSA) is 103 Å². The maximum absolute atomic E-state index is 12.8. The van der Waals surface area contributed by atoms with Gasteiger partial charge in [0.1, 0.15) is 5.60 Å². The van der Waals surface area contributed by atoms with Crippen molar-refractivity contribution in [3.05, 3.63) is 59.0 Å². The van der Waals surface area contributed by atoms with E-state index in [1.54, 1.807) is 20.8 Å². The Balaban J connectivity index is 1.83. The number of aliphatic hydroxyl groups excluding tert-OH is 1. The summed E-state index contributed by atoms with van der Waals surface area (Å²) < 4.78 is 7.59. The molecule has 0 unspecified atom stereocenters. The summed E-state index contributed by atoms with van der Waals surface area (Å²) in [6.07, 6.45) is -1.43. The first-order chi connectivity index (χ1) is 14.3. The summed E-state index contributed by atoms with van der Waals surface area (Å²) in [6, 6.07) is 14.7. The molecule has 1 aromatic heterocycles. The van der Waals surface area contributed by atoms with Crippen molar-refractivity contribution in [2.75, 3.05) is 13.1 Å². The summed E-state index contributed by atoms with van der Waals surface area (Å²) in [4.78, 5) is 17.2. The van der Waals surface area contributed by atoms with Crippen molar-refractivity contribution in [1.82, 2.24) is 9.47 Å². The number of benzene rings is 2. The van der Waals surface area contributed by atoms with E-state index in [0.29, 0.717) is 0 Å². The normalized spacial score (nSPS) is 22.1. The minimum Gasteiger partial charge on any atom is -0.444 e. The van der Waals surface area contributed by atoms with Crippen molar-refractivity contribution < 1.29 is 14.6 Å². The number of likely N-dealkylation sites (tertiary alicyclic amines) is 1. The lowest BCUT2D eigenvalue weighted by Crippen LogP contribution is -2.54. The Labute approximate surface area is 174 Å². The molecule has 2 heterocycles. The van der Waals surface area contributed by atoms with Gasteiger partial charge in [0.05, 0.1) is 18.2 Å². The Hall–Kier alpha value is -3.22. The number of hydrogen-bond acceptors (Lipinski definition) is 4. The number of nitrogens with zero attached hydrogens (tertiary/aromatic N) is 5. The zero-order valence-corrected chi connectivity index (χ0v) is 17.3. The van der Waals surface area contributed by atoms with Crippen LogP contribution in [-0.4, -0.2) is 51.5 Å². The van der Waals surface area contributed by atoms with E-state index < -0.39 is 29.9 Å². The van der Waals surface area contributed by atoms with E-state index in [0.717, 1.165) is 21.8 Å². The van der Waals surface area contributed by atoms with E-state index >= 15 is 0 Å². The molecule has 30 heavy (non-hydrogen) atoms. The lowest BCUT2D eigenvalue weighted by molar-refractivity contribution is -0.0119. The number of azide groups is 1. The molecule has 156 valence electrons. The molecule has 3 atom stereocenters. The summed E-state index contributed by atoms with van der Waals surface area (Å²) in [5.74, 6) is 0. The number of para-hydroxylation sites is 2. The zero-order valence-electron chi connectivity index (χ0n) is 17.3. The van der Waals surface area contributed by atoms with Gasteiger partial charge in [0, 0.05) is 39.8 Å². The third-order valence-electron chi connectivity index (χ3n) is 5.40. The predicted molar refractivity (Wildman–Crippen MR) is 115 cm³/mol. The minimum absolute atomic E-state index is 0.105. The standard InChI is InChI=1S/C22H25N5O3/c1-22(2,3)30-21(29)26-12-16(24-25-23)20(28)19(13-26)27-17-10-6-4-8-14(17)15-9-5-7-11-18(15)27/h4-11,16,19-20,28H,12-13H2,1-3H3/t16-,19+,20+/m0/s1. The first-order valence-electron chi connectivity index (χ1n) is 9.98. The lowest BCUT2D eigenvalue weighted by atomic mass is 9.97. The number of aliphatic hydroxyl groups is 1. The largest absolute Gasteiger partial charge is 0.444 e. The van der Waals surface area contributed by atoms with Gasteiger partial charge >= 0.3 is 6.09 Å². The molecule has 0 aliphatic carbocycles. The second kappa shape index (κ2) is 7.55. The maximum Gasteiger partial charge on any atom is 0.410 e. The molecule has 1 fully saturated rings. The fourth-order valence-electron chi connectivity index (χ4n) is 4.19. The molecule has 0 bridgehead atoms. The molecule has 1 saturated heterocycles. The van der Waals surface area contributed by atoms with Crippen LogP contribution in [0.5, 0.6) is 0 Å². The molecule has 1 N–H and O–H groups in total. The van der Waals surface area contributed by atoms with E-state index in [1.807, 2.05) is 53.1 Å². The molecule has 2 aromatic carbocycles. The predicted octanol–water partition coefficient (Wildman–Crippen LogP) is 4.63. The van der Waals surface area contributed by atoms with Crippen LogP contribution in [0.2, 0.25) is 0 Å². The molecule has 1 amide bonds. The van der Waals surface area contributed by atoms with E-state index in [4.69, 9.17) is 10.3 Å². The van der Waals surface area contributed by atoms with Crippen LogP contribution in [0.15, 0.2) is 53.6 Å². The van der Waals surface area contributed by atoms with Gasteiger partial charge in [-0.05, 0) is 38.4 Å². The molecule has 1 aliphatic heterocycles. The van der Waals surface area contributed by atoms with Crippen LogP contribution >= 0.6 is 0 Å². The zero-order chi connectivity index (χ0) is 21.5. The van der Waals surface area contributed by atoms with Gasteiger partial charge in [0.25, 0.3) is 0 Å². The quantitative estimate of drug-likeness (QED) is 0.380. The Morgan fingerprint density at radius 1 is 1.10 bits per heavy atom. The van der Waals surface area contributed by atoms with Crippen LogP contribution in [0, 0.1) is 0 Å². The van der Waals surface area contributed by atoms with Gasteiger partial charge in [0.15, 0.2) is 0 Å². The fraction of sp³-hybridized carbons (Fsp3) is 0.409. The average molecular weight is 407 g/mol. The van der Waals surface area contributed by atoms with Crippen LogP contribution in [0.3, 0.4) is 0 Å². The van der Waals surface area contributed by atoms with Crippen molar-refractivity contribution in [3.8, 4) is 0 Å². The molecule has 0 saturated carbocycles. The third kappa shape index (κ3) is 3.56. The van der Waals surface area contributed by atoms with Crippen molar-refractivity contribution in [2.45, 2.75) is 44.6 Å². The molecule has 8 nitrogen and oxygen atoms in total. The highest BCUT2D eigenvalue weighted by atomic mass is 16.6. The minimum atomic E-state index is -0.946. The van der Waals surface area contributed by atoms with E-state index in [1.165, 1.54) is 4.90 Å². The molecule has 4 rings (SSSR count). The van der Waals surface area contributed by atoms with Gasteiger partial charge in [-0.3, -0.25) is 0 Å². The average Bonchev–Trinajstić information content (AvgIpc) is 3.03. The number of carbonyl (C=O) groups excluding carboxylic acids is 1. The smallest absolute Gasteiger partial charge is 0.410 e. The highest BCUT2D eigenvalue weighted by Crippen LogP contribution is 2.36. The molecule has 1 aliphatic rings. The van der Waals surface area contributed by atoms with Crippen LogP contribution in [-0.2, 0) is 4.74 Å². The lowest BCUT2D eigenvalue weighted by Gasteiger charge is -2.41. The van der Waals surface area contributed by atoms with E-state index in [9.17, 15) is 9.90 Å². The maximum atomic E-state index is 12.8. The summed E-state index contributed by atoms with van der Waals surface area (Å²) in [7, 11) is 0. The number of piperidine rings is 1. The molecule has 0 spiro atoms. The highest BCUT2D eigenvalue weighted by Gasteiger charge is 2.40. The number of aromatic nitrogens is 1. The molecule has 8 heteroatoms. The summed E-state index contributed by atoms with van der Waals surface area (Å²) in [5, 5.41) is 17.0. The second-order valence-electron chi connectivity index (χ2n) is 8.62. The number of hydrogen-bond donors (Lipinski definition) is 1. The number of carbonyl (C=O) groups is 1. The molecule has 0 radical (unpaired) electrons. The van der Waals surface area contributed by atoms with E-state index in [-0.39, 0.29) is 13.1 Å². The van der Waals surface area contributed by atoms with Gasteiger partial charge < -0.3 is 19.3 Å². The number of rotatable bonds is 2. The molecular formula is C22H25N5O3. The van der Waals surface area contributed by atoms with Crippen LogP contribution in [0.1, 0.15) is 26.8 Å². The van der Waals surface area contributed by atoms with Crippen LogP contribution < -0.4 is 0 Å². The Morgan fingerprint density at radius 2 is 1.67 bits per heavy atom. The van der Waals surface area contributed by atoms with E-state index in [2.05, 4.69) is 10.0 Å². The van der Waals surface area contributed by atoms with Crippen molar-refractivity contribution >= 4 is 27.9 Å². The third-order valence-corrected chi connectivity index (χ3v) is 5.40. The first-order valence-corrected chi connectivity index (χ1v) is 9.98. The van der Waals surface area contributed by atoms with Gasteiger partial charge in [0.2, 0.25) is 0 Å². The van der Waals surface area contributed by atoms with Gasteiger partial charge in [-0.15, -0.1) is 0 Å². The Morgan fingerprint density at radius 3 is 2.20 bits per heavy atom. The highest BCUT2D eigenvalue weighted by molar-refractivity contribution is 6.08. The van der Waals surface area contributed by atoms with Crippen molar-refractivity contribution in [3.63, 3.8) is 0 Å². The number of ether oxygens (including phenoxy) is 1. The van der Waals surface area contributed by atoms with Crippen molar-refractivity contribution in [2.24, 2.45) is 5.11 Å². The Bertz CT molecular complexity index is 1090. The van der Waals surface area contributed by atoms with Gasteiger partial charge in [-0.25, -0.2) is 4.79 Å². The molecular weight excluding hydrogens is 382 g/mol. The van der Waals surface area contributed by atoms with Crippen LogP contribution in [0.4, 0.5) is 4.79 Å². The SMILES string of the molecule is CC(C)(C)OC(=O)N1C[C@H](N=[N+]=[N-])[C@@H](O)[C@H](n2c3ccccc3c3ccccc32)C1. The van der Waals surface area contributed by atoms with Gasteiger partial charge in [-0.2, -0.15) is 0 Å². The summed E-state index contributed by atoms with van der Waals surface area (Å²) in [6.45, 7) is 5.77. The summed E-state index contributed by atoms with van der Waals surface area (Å²) >= 11 is 0. The number of fused-ring (bicyclic) bond motifs is 3. The molecule has 3 aromatic rings. The van der Waals surface area contributed by atoms with Crippen LogP contribution in [0.25, 0.3) is 32.2 Å². The number of amides is 1. The Kier molecular flexibility index (Phi) is 5.05. The van der Waals surface area contributed by atoms with Gasteiger partial charge in [-0.1, -0.05) is 41.5 Å². The fourth-order valence-corrected chi connectivity index (χ4v) is 4.19. The second-order valence-corrected chi connectivity index (χ2v) is 8.62. The monoisotopic (exact) mass is 407 g/mol. The van der Waals surface area contributed by atoms with Crippen molar-refractivity contribution in [1.29, 1.82) is 0 Å². The summed E-state index contributed by atoms with van der Waals surface area (Å²) in [5.41, 5.74) is 10.3.